The van der Waals surface area contributed by atoms with Crippen molar-refractivity contribution in [3.05, 3.63) is 66.2 Å². The molecule has 4 heterocycles. The van der Waals surface area contributed by atoms with E-state index in [9.17, 15) is 49.1 Å². The maximum atomic E-state index is 12.7. The van der Waals surface area contributed by atoms with Crippen LogP contribution in [0.15, 0.2) is 43.7 Å². The number of nitrogens with one attached hydrogen (secondary N) is 2. The average Bonchev–Trinajstić information content (AvgIpc) is 3.34. The van der Waals surface area contributed by atoms with Gasteiger partial charge in [-0.1, -0.05) is 0 Å². The van der Waals surface area contributed by atoms with Gasteiger partial charge in [-0.3, -0.25) is 37.7 Å². The fourth-order valence-corrected chi connectivity index (χ4v) is 5.25. The van der Waals surface area contributed by atoms with E-state index in [1.54, 1.807) is 0 Å². The van der Waals surface area contributed by atoms with E-state index in [-0.39, 0.29) is 0 Å². The van der Waals surface area contributed by atoms with Crippen LogP contribution < -0.4 is 22.5 Å². The first-order chi connectivity index (χ1) is 18.0. The van der Waals surface area contributed by atoms with Gasteiger partial charge >= 0.3 is 19.2 Å². The summed E-state index contributed by atoms with van der Waals surface area (Å²) in [6, 6.07) is 1.99. The quantitative estimate of drug-likeness (QED) is 0.142. The number of rotatable bonds is 9. The third-order valence-electron chi connectivity index (χ3n) is 6.10. The highest BCUT2D eigenvalue weighted by Gasteiger charge is 2.50. The number of nitrogens with zero attached hydrogens (tertiary/aromatic N) is 2. The normalized spacial score (nSPS) is 32.9. The summed E-state index contributed by atoms with van der Waals surface area (Å²) >= 11 is 0. The molecule has 1 unspecified atom stereocenters. The number of aliphatic hydroxyl groups is 4. The Balaban J connectivity index is 1.46. The van der Waals surface area contributed by atoms with Gasteiger partial charge in [0.1, 0.15) is 36.7 Å². The minimum Gasteiger partial charge on any atom is -0.396 e. The second-order valence-electron chi connectivity index (χ2n) is 8.51. The van der Waals surface area contributed by atoms with Gasteiger partial charge in [-0.15, -0.1) is 0 Å². The Labute approximate surface area is 210 Å². The number of hydrogen-bond acceptors (Lipinski definition) is 13. The topological polar surface area (TPSA) is 265 Å². The molecular formula is C19H25N4O14P. The highest BCUT2D eigenvalue weighted by Crippen LogP contribution is 2.50. The van der Waals surface area contributed by atoms with E-state index in [0.29, 0.717) is 0 Å². The van der Waals surface area contributed by atoms with Crippen LogP contribution in [0.25, 0.3) is 0 Å². The van der Waals surface area contributed by atoms with Crippen molar-refractivity contribution in [2.75, 3.05) is 19.8 Å². The third kappa shape index (κ3) is 5.64. The fraction of sp³-hybridized carbons (Fsp3) is 0.579. The van der Waals surface area contributed by atoms with Crippen LogP contribution in [-0.2, 0) is 23.1 Å². The number of hydrogen-bond donors (Lipinski definition) is 7. The number of ether oxygens (including phenoxy) is 2. The summed E-state index contributed by atoms with van der Waals surface area (Å²) in [5.74, 6) is -1.17. The molecule has 210 valence electrons. The minimum atomic E-state index is -5.02. The van der Waals surface area contributed by atoms with Gasteiger partial charge in [0.2, 0.25) is 0 Å². The van der Waals surface area contributed by atoms with Crippen LogP contribution in [0, 0.1) is 5.92 Å². The van der Waals surface area contributed by atoms with E-state index in [2.05, 4.69) is 0 Å². The summed E-state index contributed by atoms with van der Waals surface area (Å²) in [6.07, 6.45) is -8.20. The van der Waals surface area contributed by atoms with Crippen molar-refractivity contribution in [1.29, 1.82) is 0 Å². The Bertz CT molecular complexity index is 1420. The zero-order valence-electron chi connectivity index (χ0n) is 19.3. The van der Waals surface area contributed by atoms with Crippen LogP contribution in [0.3, 0.4) is 0 Å². The molecule has 2 aromatic heterocycles. The first-order valence-electron chi connectivity index (χ1n) is 11.1. The summed E-state index contributed by atoms with van der Waals surface area (Å²) in [5.41, 5.74) is -3.24. The molecule has 0 amide bonds. The number of aromatic amines is 2. The van der Waals surface area contributed by atoms with E-state index in [1.165, 1.54) is 0 Å². The lowest BCUT2D eigenvalue weighted by molar-refractivity contribution is -0.0614. The molecule has 18 nitrogen and oxygen atoms in total. The van der Waals surface area contributed by atoms with Crippen molar-refractivity contribution in [2.24, 2.45) is 5.92 Å². The summed E-state index contributed by atoms with van der Waals surface area (Å²) in [5, 5.41) is 40.1. The van der Waals surface area contributed by atoms with Crippen LogP contribution in [0.5, 0.6) is 0 Å². The van der Waals surface area contributed by atoms with Crippen molar-refractivity contribution >= 4 is 7.82 Å². The molecule has 0 aliphatic carbocycles. The molecule has 7 N–H and O–H groups in total. The maximum absolute atomic E-state index is 12.7. The van der Waals surface area contributed by atoms with Gasteiger partial charge < -0.3 is 34.8 Å². The molecule has 2 aliphatic heterocycles. The Morgan fingerprint density at radius 2 is 1.42 bits per heavy atom. The number of aromatic nitrogens is 4. The molecular weight excluding hydrogens is 539 g/mol. The SMILES string of the molecule is O=c1ccn([C@@H]2O[C@H](COP(=O)(O)O[C@H]3[C@@H](CO)[C@H](n4ccc(=O)[nH]c4=O)O[C@@H]3CO)[C@@H](O)[C@H]2O)c(=O)[nH]1. The summed E-state index contributed by atoms with van der Waals surface area (Å²) in [4.78, 5) is 61.0. The predicted octanol–water partition coefficient (Wildman–Crippen LogP) is -4.29. The van der Waals surface area contributed by atoms with E-state index in [1.807, 2.05) is 9.97 Å². The molecule has 2 saturated heterocycles. The zero-order chi connectivity index (χ0) is 27.8. The van der Waals surface area contributed by atoms with Crippen molar-refractivity contribution in [3.63, 3.8) is 0 Å². The number of phosphoric ester groups is 1. The lowest BCUT2D eigenvalue weighted by Crippen LogP contribution is -2.38. The Morgan fingerprint density at radius 1 is 0.868 bits per heavy atom. The van der Waals surface area contributed by atoms with Crippen LogP contribution in [0.4, 0.5) is 0 Å². The first kappa shape index (κ1) is 28.2. The lowest BCUT2D eigenvalue weighted by Gasteiger charge is -2.25. The van der Waals surface area contributed by atoms with Gasteiger partial charge in [-0.2, -0.15) is 0 Å². The molecule has 2 aliphatic rings. The summed E-state index contributed by atoms with van der Waals surface area (Å²) in [6.45, 7) is -2.30. The molecule has 2 aromatic rings. The summed E-state index contributed by atoms with van der Waals surface area (Å²) < 4.78 is 35.4. The molecule has 4 rings (SSSR count). The van der Waals surface area contributed by atoms with E-state index in [0.717, 1.165) is 33.7 Å². The Morgan fingerprint density at radius 3 is 1.95 bits per heavy atom. The molecule has 9 atom stereocenters. The van der Waals surface area contributed by atoms with Crippen molar-refractivity contribution in [1.82, 2.24) is 19.1 Å². The van der Waals surface area contributed by atoms with Crippen molar-refractivity contribution < 1.29 is 48.4 Å². The molecule has 38 heavy (non-hydrogen) atoms. The van der Waals surface area contributed by atoms with E-state index >= 15 is 0 Å². The molecule has 2 fully saturated rings. The molecule has 0 aromatic carbocycles. The summed E-state index contributed by atoms with van der Waals surface area (Å²) in [7, 11) is -5.02. The Kier molecular flexibility index (Phi) is 8.29. The molecule has 0 spiro atoms. The third-order valence-corrected chi connectivity index (χ3v) is 7.09. The van der Waals surface area contributed by atoms with E-state index in [4.69, 9.17) is 18.5 Å². The number of phosphoric acid groups is 1. The van der Waals surface area contributed by atoms with Crippen LogP contribution in [0.1, 0.15) is 12.5 Å². The smallest absolute Gasteiger partial charge is 0.396 e. The Hall–Kier alpha value is -2.77. The van der Waals surface area contributed by atoms with E-state index < -0.39 is 99.0 Å². The van der Waals surface area contributed by atoms with Gasteiger partial charge in [-0.05, 0) is 0 Å². The van der Waals surface area contributed by atoms with Crippen molar-refractivity contribution in [2.45, 2.75) is 43.0 Å². The van der Waals surface area contributed by atoms with Gasteiger partial charge in [0.15, 0.2) is 6.23 Å². The largest absolute Gasteiger partial charge is 0.472 e. The second kappa shape index (κ2) is 11.1. The van der Waals surface area contributed by atoms with Gasteiger partial charge in [0.05, 0.1) is 25.7 Å². The van der Waals surface area contributed by atoms with Gasteiger partial charge in [-0.25, -0.2) is 14.2 Å². The number of aliphatic hydroxyl groups excluding tert-OH is 4. The van der Waals surface area contributed by atoms with Crippen LogP contribution >= 0.6 is 7.82 Å². The lowest BCUT2D eigenvalue weighted by atomic mass is 10.0. The zero-order valence-corrected chi connectivity index (χ0v) is 20.2. The monoisotopic (exact) mass is 564 g/mol. The molecule has 19 heteroatoms. The maximum Gasteiger partial charge on any atom is 0.472 e. The highest BCUT2D eigenvalue weighted by atomic mass is 31.2. The standard InChI is InChI=1S/C19H25N4O14P/c24-5-8-15(9(6-25)35-16(8)22-3-1-11(26)20-18(22)30)37-38(32,33)34-7-10-13(28)14(29)17(36-10)23-4-2-12(27)21-19(23)31/h1-4,8-10,13-17,24-25,28-29H,5-7H2,(H,32,33)(H,20,26,30)(H,21,27,31)/t8-,9-,10-,13-,14-,15+,16-,17-/m1/s1. The fourth-order valence-electron chi connectivity index (χ4n) is 4.26. The molecule has 0 saturated carbocycles. The predicted molar refractivity (Wildman–Crippen MR) is 121 cm³/mol. The average molecular weight is 564 g/mol. The molecule has 0 radical (unpaired) electrons. The number of H-pyrrole nitrogens is 2. The molecule has 0 bridgehead atoms. The first-order valence-corrected chi connectivity index (χ1v) is 12.6. The minimum absolute atomic E-state index is 0.696. The van der Waals surface area contributed by atoms with Gasteiger partial charge in [0.25, 0.3) is 11.1 Å². The van der Waals surface area contributed by atoms with Gasteiger partial charge in [0, 0.05) is 24.5 Å². The van der Waals surface area contributed by atoms with Crippen LogP contribution in [-0.4, -0.2) is 94.8 Å². The highest BCUT2D eigenvalue weighted by molar-refractivity contribution is 7.47. The van der Waals surface area contributed by atoms with Crippen molar-refractivity contribution in [3.8, 4) is 0 Å². The second-order valence-corrected chi connectivity index (χ2v) is 9.92. The van der Waals surface area contributed by atoms with Crippen LogP contribution in [0.2, 0.25) is 0 Å².